The van der Waals surface area contributed by atoms with Crippen LogP contribution >= 0.6 is 0 Å². The number of fused-ring (bicyclic) bond motifs is 1. The van der Waals surface area contributed by atoms with Crippen LogP contribution in [0.5, 0.6) is 0 Å². The minimum atomic E-state index is -4.48. The van der Waals surface area contributed by atoms with Gasteiger partial charge in [0.15, 0.2) is 11.5 Å². The third kappa shape index (κ3) is 2.03. The van der Waals surface area contributed by atoms with Gasteiger partial charge in [-0.15, -0.1) is 10.2 Å². The SMILES string of the molecule is FC(F)(F)c1ccc(-n2cnc3ccccc32)nn1. The van der Waals surface area contributed by atoms with Gasteiger partial charge >= 0.3 is 6.18 Å². The van der Waals surface area contributed by atoms with Crippen LogP contribution in [0.1, 0.15) is 5.69 Å². The van der Waals surface area contributed by atoms with Crippen LogP contribution in [0.4, 0.5) is 13.2 Å². The highest BCUT2D eigenvalue weighted by atomic mass is 19.4. The first-order valence-electron chi connectivity index (χ1n) is 5.39. The number of alkyl halides is 3. The zero-order valence-corrected chi connectivity index (χ0v) is 9.46. The van der Waals surface area contributed by atoms with E-state index in [9.17, 15) is 13.2 Å². The Kier molecular flexibility index (Phi) is 2.48. The fourth-order valence-electron chi connectivity index (χ4n) is 1.75. The molecule has 0 radical (unpaired) electrons. The van der Waals surface area contributed by atoms with Gasteiger partial charge in [0.25, 0.3) is 0 Å². The molecule has 96 valence electrons. The average molecular weight is 264 g/mol. The summed E-state index contributed by atoms with van der Waals surface area (Å²) in [6, 6.07) is 9.43. The van der Waals surface area contributed by atoms with Gasteiger partial charge in [-0.3, -0.25) is 4.57 Å². The van der Waals surface area contributed by atoms with E-state index in [0.29, 0.717) is 5.82 Å². The van der Waals surface area contributed by atoms with E-state index in [4.69, 9.17) is 0 Å². The molecule has 3 rings (SSSR count). The number of hydrogen-bond acceptors (Lipinski definition) is 3. The zero-order chi connectivity index (χ0) is 13.5. The highest BCUT2D eigenvalue weighted by Crippen LogP contribution is 2.27. The minimum absolute atomic E-state index is 0.293. The maximum absolute atomic E-state index is 12.4. The Balaban J connectivity index is 2.07. The lowest BCUT2D eigenvalue weighted by molar-refractivity contribution is -0.141. The summed E-state index contributed by atoms with van der Waals surface area (Å²) < 4.78 is 38.8. The van der Waals surface area contributed by atoms with Crippen molar-refractivity contribution in [2.24, 2.45) is 0 Å². The molecule has 0 aliphatic rings. The number of hydrogen-bond donors (Lipinski definition) is 0. The largest absolute Gasteiger partial charge is 0.435 e. The molecule has 0 aliphatic heterocycles. The van der Waals surface area contributed by atoms with Crippen molar-refractivity contribution in [3.05, 3.63) is 48.4 Å². The lowest BCUT2D eigenvalue weighted by atomic mass is 10.3. The van der Waals surface area contributed by atoms with E-state index < -0.39 is 11.9 Å². The highest BCUT2D eigenvalue weighted by Gasteiger charge is 2.32. The molecule has 0 N–H and O–H groups in total. The summed E-state index contributed by atoms with van der Waals surface area (Å²) in [4.78, 5) is 4.14. The number of imidazole rings is 1. The molecule has 0 atom stereocenters. The van der Waals surface area contributed by atoms with Gasteiger partial charge in [0, 0.05) is 0 Å². The maximum atomic E-state index is 12.4. The van der Waals surface area contributed by atoms with Crippen LogP contribution in [0.3, 0.4) is 0 Å². The Morgan fingerprint density at radius 3 is 2.42 bits per heavy atom. The summed E-state index contributed by atoms with van der Waals surface area (Å²) in [6.07, 6.45) is -2.98. The Morgan fingerprint density at radius 1 is 0.947 bits per heavy atom. The number of aromatic nitrogens is 4. The van der Waals surface area contributed by atoms with Gasteiger partial charge in [-0.2, -0.15) is 13.2 Å². The van der Waals surface area contributed by atoms with Gasteiger partial charge in [0.1, 0.15) is 6.33 Å². The number of halogens is 3. The van der Waals surface area contributed by atoms with Gasteiger partial charge in [0.2, 0.25) is 0 Å². The molecule has 1 aromatic carbocycles. The second-order valence-electron chi connectivity index (χ2n) is 3.88. The molecular formula is C12H7F3N4. The van der Waals surface area contributed by atoms with Crippen LogP contribution < -0.4 is 0 Å². The lowest BCUT2D eigenvalue weighted by Crippen LogP contribution is -2.10. The molecule has 7 heteroatoms. The Labute approximate surface area is 105 Å². The summed E-state index contributed by atoms with van der Waals surface area (Å²) in [5.74, 6) is 0.293. The lowest BCUT2D eigenvalue weighted by Gasteiger charge is -2.06. The molecule has 0 unspecified atom stereocenters. The maximum Gasteiger partial charge on any atom is 0.435 e. The monoisotopic (exact) mass is 264 g/mol. The highest BCUT2D eigenvalue weighted by molar-refractivity contribution is 5.76. The topological polar surface area (TPSA) is 43.6 Å². The van der Waals surface area contributed by atoms with Gasteiger partial charge in [0.05, 0.1) is 11.0 Å². The molecule has 0 fully saturated rings. The molecule has 4 nitrogen and oxygen atoms in total. The van der Waals surface area contributed by atoms with Crippen LogP contribution in [-0.2, 0) is 6.18 Å². The van der Waals surface area contributed by atoms with Crippen molar-refractivity contribution in [2.45, 2.75) is 6.18 Å². The fraction of sp³-hybridized carbons (Fsp3) is 0.0833. The van der Waals surface area contributed by atoms with Crippen LogP contribution in [0.2, 0.25) is 0 Å². The number of rotatable bonds is 1. The van der Waals surface area contributed by atoms with Crippen molar-refractivity contribution in [2.75, 3.05) is 0 Å². The molecule has 0 amide bonds. The quantitative estimate of drug-likeness (QED) is 0.678. The fourth-order valence-corrected chi connectivity index (χ4v) is 1.75. The molecular weight excluding hydrogens is 257 g/mol. The van der Waals surface area contributed by atoms with E-state index in [0.717, 1.165) is 17.1 Å². The van der Waals surface area contributed by atoms with Crippen molar-refractivity contribution in [1.29, 1.82) is 0 Å². The first-order valence-corrected chi connectivity index (χ1v) is 5.39. The first-order chi connectivity index (χ1) is 9.05. The van der Waals surface area contributed by atoms with E-state index in [-0.39, 0.29) is 0 Å². The zero-order valence-electron chi connectivity index (χ0n) is 9.46. The summed E-state index contributed by atoms with van der Waals surface area (Å²) >= 11 is 0. The molecule has 2 heterocycles. The Hall–Kier alpha value is -2.44. The van der Waals surface area contributed by atoms with Gasteiger partial charge in [-0.1, -0.05) is 12.1 Å². The predicted octanol–water partition coefficient (Wildman–Crippen LogP) is 2.83. The minimum Gasteiger partial charge on any atom is -0.281 e. The van der Waals surface area contributed by atoms with E-state index in [1.807, 2.05) is 24.3 Å². The van der Waals surface area contributed by atoms with Gasteiger partial charge in [-0.25, -0.2) is 4.98 Å². The Morgan fingerprint density at radius 2 is 1.74 bits per heavy atom. The summed E-state index contributed by atoms with van der Waals surface area (Å²) in [5, 5.41) is 6.78. The smallest absolute Gasteiger partial charge is 0.281 e. The summed E-state index contributed by atoms with van der Waals surface area (Å²) in [6.45, 7) is 0. The van der Waals surface area contributed by atoms with Gasteiger partial charge in [-0.05, 0) is 24.3 Å². The van der Waals surface area contributed by atoms with Crippen molar-refractivity contribution in [3.8, 4) is 5.82 Å². The van der Waals surface area contributed by atoms with E-state index in [1.54, 1.807) is 4.57 Å². The number of nitrogens with zero attached hydrogens (tertiary/aromatic N) is 4. The Bertz CT molecular complexity index is 716. The van der Waals surface area contributed by atoms with E-state index in [1.165, 1.54) is 12.4 Å². The molecule has 0 saturated carbocycles. The van der Waals surface area contributed by atoms with Crippen molar-refractivity contribution < 1.29 is 13.2 Å². The molecule has 19 heavy (non-hydrogen) atoms. The molecule has 2 aromatic heterocycles. The van der Waals surface area contributed by atoms with Crippen LogP contribution in [0.15, 0.2) is 42.7 Å². The third-order valence-electron chi connectivity index (χ3n) is 2.64. The number of para-hydroxylation sites is 2. The average Bonchev–Trinajstić information content (AvgIpc) is 2.82. The molecule has 3 aromatic rings. The normalized spacial score (nSPS) is 11.9. The molecule has 0 spiro atoms. The van der Waals surface area contributed by atoms with Crippen molar-refractivity contribution >= 4 is 11.0 Å². The molecule has 0 saturated heterocycles. The van der Waals surface area contributed by atoms with E-state index in [2.05, 4.69) is 15.2 Å². The van der Waals surface area contributed by atoms with Crippen molar-refractivity contribution in [3.63, 3.8) is 0 Å². The third-order valence-corrected chi connectivity index (χ3v) is 2.64. The summed E-state index contributed by atoms with van der Waals surface area (Å²) in [7, 11) is 0. The standard InChI is InChI=1S/C12H7F3N4/c13-12(14,15)10-5-6-11(18-17-10)19-7-16-8-3-1-2-4-9(8)19/h1-7H. The second kappa shape index (κ2) is 4.04. The van der Waals surface area contributed by atoms with Gasteiger partial charge < -0.3 is 0 Å². The predicted molar refractivity (Wildman–Crippen MR) is 61.7 cm³/mol. The summed E-state index contributed by atoms with van der Waals surface area (Å²) in [5.41, 5.74) is 0.487. The second-order valence-corrected chi connectivity index (χ2v) is 3.88. The number of benzene rings is 1. The molecule has 0 bridgehead atoms. The first kappa shape index (κ1) is 11.6. The van der Waals surface area contributed by atoms with E-state index >= 15 is 0 Å². The molecule has 0 aliphatic carbocycles. The van der Waals surface area contributed by atoms with Crippen LogP contribution in [-0.4, -0.2) is 19.7 Å². The van der Waals surface area contributed by atoms with Crippen molar-refractivity contribution in [1.82, 2.24) is 19.7 Å². The van der Waals surface area contributed by atoms with Crippen LogP contribution in [0.25, 0.3) is 16.9 Å². The van der Waals surface area contributed by atoms with Crippen LogP contribution in [0, 0.1) is 0 Å².